The van der Waals surface area contributed by atoms with Gasteiger partial charge in [-0.15, -0.1) is 0 Å². The highest BCUT2D eigenvalue weighted by atomic mass is 15.1. The van der Waals surface area contributed by atoms with Crippen LogP contribution in [0.2, 0.25) is 0 Å². The summed E-state index contributed by atoms with van der Waals surface area (Å²) in [6.45, 7) is 12.3. The number of aromatic nitrogens is 2. The third-order valence-electron chi connectivity index (χ3n) is 3.59. The molecule has 112 valence electrons. The van der Waals surface area contributed by atoms with Crippen molar-refractivity contribution in [3.63, 3.8) is 0 Å². The smallest absolute Gasteiger partial charge is 0.110 e. The van der Waals surface area contributed by atoms with Crippen LogP contribution in [-0.2, 0) is 13.0 Å². The molecule has 3 heteroatoms. The normalized spacial score (nSPS) is 11.4. The number of allylic oxidation sites excluding steroid dienone is 1. The molecule has 21 heavy (non-hydrogen) atoms. The third kappa shape index (κ3) is 4.48. The lowest BCUT2D eigenvalue weighted by Gasteiger charge is -2.23. The number of imidazole rings is 1. The fourth-order valence-corrected chi connectivity index (χ4v) is 2.08. The molecule has 0 aliphatic heterocycles. The number of rotatable bonds is 6. The molecule has 1 heterocycles. The molecule has 3 nitrogen and oxygen atoms in total. The Balaban J connectivity index is 1.91. The van der Waals surface area contributed by atoms with Crippen molar-refractivity contribution in [1.29, 1.82) is 0 Å². The summed E-state index contributed by atoms with van der Waals surface area (Å²) < 4.78 is 2.21. The highest BCUT2D eigenvalue weighted by Gasteiger charge is 2.14. The Bertz CT molecular complexity index is 576. The van der Waals surface area contributed by atoms with E-state index in [9.17, 15) is 0 Å². The minimum atomic E-state index is 0.0967. The molecule has 1 aromatic carbocycles. The van der Waals surface area contributed by atoms with Gasteiger partial charge in [-0.3, -0.25) is 0 Å². The standard InChI is InChI=1S/C18H25N3/c1-15(18(2,3)4)19-11-10-17-20-12-13-21(17)14-16-8-6-5-7-9-16/h5-9,12-13,19H,1,10-11,14H2,2-4H3. The first-order valence-corrected chi connectivity index (χ1v) is 7.44. The summed E-state index contributed by atoms with van der Waals surface area (Å²) in [4.78, 5) is 4.46. The Morgan fingerprint density at radius 3 is 2.62 bits per heavy atom. The Morgan fingerprint density at radius 2 is 1.95 bits per heavy atom. The predicted octanol–water partition coefficient (Wildman–Crippen LogP) is 3.62. The summed E-state index contributed by atoms with van der Waals surface area (Å²) in [6, 6.07) is 10.5. The van der Waals surface area contributed by atoms with E-state index < -0.39 is 0 Å². The number of hydrogen-bond acceptors (Lipinski definition) is 2. The maximum Gasteiger partial charge on any atom is 0.110 e. The monoisotopic (exact) mass is 283 g/mol. The van der Waals surface area contributed by atoms with E-state index in [0.29, 0.717) is 0 Å². The van der Waals surface area contributed by atoms with Gasteiger partial charge in [0.25, 0.3) is 0 Å². The quantitative estimate of drug-likeness (QED) is 0.877. The fourth-order valence-electron chi connectivity index (χ4n) is 2.08. The maximum absolute atomic E-state index is 4.46. The van der Waals surface area contributed by atoms with Crippen LogP contribution in [0, 0.1) is 5.41 Å². The molecule has 1 N–H and O–H groups in total. The van der Waals surface area contributed by atoms with E-state index in [1.54, 1.807) is 0 Å². The number of benzene rings is 1. The van der Waals surface area contributed by atoms with E-state index in [1.807, 2.05) is 18.5 Å². The van der Waals surface area contributed by atoms with Gasteiger partial charge in [0, 0.05) is 43.0 Å². The van der Waals surface area contributed by atoms with Gasteiger partial charge in [-0.05, 0) is 5.56 Å². The van der Waals surface area contributed by atoms with Crippen LogP contribution in [0.25, 0.3) is 0 Å². The summed E-state index contributed by atoms with van der Waals surface area (Å²) in [5.41, 5.74) is 2.46. The van der Waals surface area contributed by atoms with Crippen LogP contribution in [0.15, 0.2) is 55.0 Å². The van der Waals surface area contributed by atoms with Crippen molar-refractivity contribution in [3.8, 4) is 0 Å². The van der Waals surface area contributed by atoms with Gasteiger partial charge in [0.2, 0.25) is 0 Å². The molecule has 0 unspecified atom stereocenters. The van der Waals surface area contributed by atoms with Gasteiger partial charge in [0.05, 0.1) is 0 Å². The van der Waals surface area contributed by atoms with E-state index in [-0.39, 0.29) is 5.41 Å². The number of nitrogens with one attached hydrogen (secondary N) is 1. The second-order valence-corrected chi connectivity index (χ2v) is 6.36. The maximum atomic E-state index is 4.46. The Morgan fingerprint density at radius 1 is 1.24 bits per heavy atom. The summed E-state index contributed by atoms with van der Waals surface area (Å²) in [5.74, 6) is 1.10. The minimum Gasteiger partial charge on any atom is -0.388 e. The molecule has 0 aliphatic rings. The molecule has 0 aliphatic carbocycles. The van der Waals surface area contributed by atoms with E-state index in [4.69, 9.17) is 0 Å². The highest BCUT2D eigenvalue weighted by Crippen LogP contribution is 2.20. The SMILES string of the molecule is C=C(NCCc1nccn1Cc1ccccc1)C(C)(C)C. The summed E-state index contributed by atoms with van der Waals surface area (Å²) in [6.07, 6.45) is 4.81. The Kier molecular flexibility index (Phi) is 4.84. The largest absolute Gasteiger partial charge is 0.388 e. The van der Waals surface area contributed by atoms with Crippen LogP contribution in [0.5, 0.6) is 0 Å². The molecule has 1 aromatic heterocycles. The molecule has 2 aromatic rings. The first-order chi connectivity index (χ1) is 9.97. The van der Waals surface area contributed by atoms with Crippen molar-refractivity contribution >= 4 is 0 Å². The van der Waals surface area contributed by atoms with E-state index >= 15 is 0 Å². The van der Waals surface area contributed by atoms with Crippen LogP contribution in [-0.4, -0.2) is 16.1 Å². The zero-order valence-electron chi connectivity index (χ0n) is 13.3. The van der Waals surface area contributed by atoms with Crippen LogP contribution < -0.4 is 5.32 Å². The molecule has 0 fully saturated rings. The summed E-state index contributed by atoms with van der Waals surface area (Å²) in [7, 11) is 0. The van der Waals surface area contributed by atoms with Gasteiger partial charge in [-0.2, -0.15) is 0 Å². The molecular weight excluding hydrogens is 258 g/mol. The molecule has 0 bridgehead atoms. The van der Waals surface area contributed by atoms with Crippen molar-refractivity contribution in [3.05, 3.63) is 66.4 Å². The van der Waals surface area contributed by atoms with Crippen LogP contribution in [0.1, 0.15) is 32.2 Å². The molecule has 2 rings (SSSR count). The Labute approximate surface area is 127 Å². The molecule has 0 radical (unpaired) electrons. The number of nitrogens with zero attached hydrogens (tertiary/aromatic N) is 2. The summed E-state index contributed by atoms with van der Waals surface area (Å²) >= 11 is 0. The van der Waals surface area contributed by atoms with Crippen LogP contribution in [0.3, 0.4) is 0 Å². The van der Waals surface area contributed by atoms with Gasteiger partial charge in [-0.25, -0.2) is 4.98 Å². The number of hydrogen-bond donors (Lipinski definition) is 1. The predicted molar refractivity (Wildman–Crippen MR) is 88.1 cm³/mol. The average molecular weight is 283 g/mol. The van der Waals surface area contributed by atoms with E-state index in [1.165, 1.54) is 5.56 Å². The van der Waals surface area contributed by atoms with E-state index in [2.05, 4.69) is 66.5 Å². The van der Waals surface area contributed by atoms with E-state index in [0.717, 1.165) is 31.0 Å². The van der Waals surface area contributed by atoms with Crippen molar-refractivity contribution in [2.45, 2.75) is 33.7 Å². The van der Waals surface area contributed by atoms with Crippen molar-refractivity contribution < 1.29 is 0 Å². The highest BCUT2D eigenvalue weighted by molar-refractivity contribution is 5.16. The van der Waals surface area contributed by atoms with Gasteiger partial charge < -0.3 is 9.88 Å². The van der Waals surface area contributed by atoms with Crippen molar-refractivity contribution in [1.82, 2.24) is 14.9 Å². The molecule has 0 amide bonds. The molecule has 0 saturated carbocycles. The first kappa shape index (κ1) is 15.4. The molecule has 0 atom stereocenters. The topological polar surface area (TPSA) is 29.9 Å². The van der Waals surface area contributed by atoms with Gasteiger partial charge >= 0.3 is 0 Å². The summed E-state index contributed by atoms with van der Waals surface area (Å²) in [5, 5.41) is 3.40. The van der Waals surface area contributed by atoms with Crippen LogP contribution >= 0.6 is 0 Å². The first-order valence-electron chi connectivity index (χ1n) is 7.44. The molecule has 0 saturated heterocycles. The van der Waals surface area contributed by atoms with Gasteiger partial charge in [0.1, 0.15) is 5.82 Å². The fraction of sp³-hybridized carbons (Fsp3) is 0.389. The lowest BCUT2D eigenvalue weighted by Crippen LogP contribution is -2.26. The third-order valence-corrected chi connectivity index (χ3v) is 3.59. The lowest BCUT2D eigenvalue weighted by atomic mass is 9.93. The van der Waals surface area contributed by atoms with Gasteiger partial charge in [-0.1, -0.05) is 57.7 Å². The zero-order chi connectivity index (χ0) is 15.3. The van der Waals surface area contributed by atoms with Crippen molar-refractivity contribution in [2.24, 2.45) is 5.41 Å². The second-order valence-electron chi connectivity index (χ2n) is 6.36. The zero-order valence-corrected chi connectivity index (χ0v) is 13.3. The Hall–Kier alpha value is -2.03. The van der Waals surface area contributed by atoms with Crippen molar-refractivity contribution in [2.75, 3.05) is 6.54 Å². The molecular formula is C18H25N3. The molecule has 0 spiro atoms. The lowest BCUT2D eigenvalue weighted by molar-refractivity contribution is 0.461. The van der Waals surface area contributed by atoms with Crippen LogP contribution in [0.4, 0.5) is 0 Å². The van der Waals surface area contributed by atoms with Gasteiger partial charge in [0.15, 0.2) is 0 Å². The second kappa shape index (κ2) is 6.61. The average Bonchev–Trinajstić information content (AvgIpc) is 2.86. The minimum absolute atomic E-state index is 0.0967.